The number of anilines is 1. The van der Waals surface area contributed by atoms with E-state index in [1.807, 2.05) is 74.5 Å². The van der Waals surface area contributed by atoms with Gasteiger partial charge in [-0.2, -0.15) is 0 Å². The van der Waals surface area contributed by atoms with Crippen LogP contribution in [-0.2, 0) is 4.79 Å². The van der Waals surface area contributed by atoms with Gasteiger partial charge >= 0.3 is 0 Å². The van der Waals surface area contributed by atoms with Crippen molar-refractivity contribution < 1.29 is 9.53 Å². The Balaban J connectivity index is 1.71. The van der Waals surface area contributed by atoms with Crippen molar-refractivity contribution >= 4 is 11.6 Å². The summed E-state index contributed by atoms with van der Waals surface area (Å²) in [5, 5.41) is 3.00. The predicted octanol–water partition coefficient (Wildman–Crippen LogP) is 5.63. The van der Waals surface area contributed by atoms with Gasteiger partial charge in [-0.25, -0.2) is 0 Å². The largest absolute Gasteiger partial charge is 0.491 e. The van der Waals surface area contributed by atoms with E-state index in [0.29, 0.717) is 6.42 Å². The molecule has 0 aliphatic carbocycles. The molecular formula is C24H25NO2. The van der Waals surface area contributed by atoms with Crippen LogP contribution in [0.15, 0.2) is 84.9 Å². The Kier molecular flexibility index (Phi) is 6.26. The third-order valence-corrected chi connectivity index (χ3v) is 4.30. The van der Waals surface area contributed by atoms with Gasteiger partial charge in [0.25, 0.3) is 0 Å². The number of carbonyl (C=O) groups excluding carboxylic acids is 1. The van der Waals surface area contributed by atoms with E-state index >= 15 is 0 Å². The second kappa shape index (κ2) is 9.04. The molecule has 0 radical (unpaired) electrons. The number of amides is 1. The second-order valence-corrected chi connectivity index (χ2v) is 6.82. The first-order valence-corrected chi connectivity index (χ1v) is 9.28. The molecule has 0 saturated heterocycles. The van der Waals surface area contributed by atoms with Gasteiger partial charge in [0.1, 0.15) is 5.75 Å². The van der Waals surface area contributed by atoms with Crippen LogP contribution >= 0.6 is 0 Å². The molecule has 0 aliphatic rings. The highest BCUT2D eigenvalue weighted by Gasteiger charge is 2.18. The van der Waals surface area contributed by atoms with Crippen LogP contribution in [0.1, 0.15) is 37.3 Å². The first-order chi connectivity index (χ1) is 13.1. The first kappa shape index (κ1) is 18.7. The number of rotatable bonds is 7. The molecule has 3 nitrogen and oxygen atoms in total. The number of hydrogen-bond acceptors (Lipinski definition) is 2. The van der Waals surface area contributed by atoms with Gasteiger partial charge in [-0.15, -0.1) is 0 Å². The lowest BCUT2D eigenvalue weighted by atomic mass is 9.88. The van der Waals surface area contributed by atoms with E-state index in [1.54, 1.807) is 0 Å². The van der Waals surface area contributed by atoms with Gasteiger partial charge in [0, 0.05) is 18.0 Å². The molecule has 138 valence electrons. The Labute approximate surface area is 161 Å². The van der Waals surface area contributed by atoms with Crippen LogP contribution in [0, 0.1) is 0 Å². The molecular weight excluding hydrogens is 334 g/mol. The molecule has 0 aliphatic heterocycles. The van der Waals surface area contributed by atoms with Gasteiger partial charge < -0.3 is 10.1 Å². The van der Waals surface area contributed by atoms with E-state index in [0.717, 1.165) is 22.6 Å². The maximum atomic E-state index is 12.7. The molecule has 0 spiro atoms. The van der Waals surface area contributed by atoms with Crippen molar-refractivity contribution in [2.75, 3.05) is 5.32 Å². The Morgan fingerprint density at radius 1 is 0.815 bits per heavy atom. The molecule has 0 atom stereocenters. The van der Waals surface area contributed by atoms with Gasteiger partial charge in [-0.1, -0.05) is 60.7 Å². The predicted molar refractivity (Wildman–Crippen MR) is 110 cm³/mol. The van der Waals surface area contributed by atoms with Crippen molar-refractivity contribution in [3.05, 3.63) is 96.1 Å². The third kappa shape index (κ3) is 5.45. The highest BCUT2D eigenvalue weighted by atomic mass is 16.5. The van der Waals surface area contributed by atoms with Crippen LogP contribution < -0.4 is 10.1 Å². The molecule has 0 fully saturated rings. The summed E-state index contributed by atoms with van der Waals surface area (Å²) >= 11 is 0. The summed E-state index contributed by atoms with van der Waals surface area (Å²) in [7, 11) is 0. The molecule has 27 heavy (non-hydrogen) atoms. The van der Waals surface area contributed by atoms with Crippen LogP contribution in [0.5, 0.6) is 5.75 Å². The van der Waals surface area contributed by atoms with Gasteiger partial charge in [0.15, 0.2) is 0 Å². The molecule has 0 bridgehead atoms. The lowest BCUT2D eigenvalue weighted by molar-refractivity contribution is -0.116. The topological polar surface area (TPSA) is 38.3 Å². The zero-order valence-corrected chi connectivity index (χ0v) is 15.8. The van der Waals surface area contributed by atoms with Crippen molar-refractivity contribution in [3.63, 3.8) is 0 Å². The zero-order valence-electron chi connectivity index (χ0n) is 15.8. The minimum Gasteiger partial charge on any atom is -0.491 e. The third-order valence-electron chi connectivity index (χ3n) is 4.30. The van der Waals surface area contributed by atoms with Crippen molar-refractivity contribution in [3.8, 4) is 5.75 Å². The highest BCUT2D eigenvalue weighted by Crippen LogP contribution is 2.28. The lowest BCUT2D eigenvalue weighted by Gasteiger charge is -2.18. The van der Waals surface area contributed by atoms with Crippen molar-refractivity contribution in [1.29, 1.82) is 0 Å². The molecule has 1 N–H and O–H groups in total. The number of nitrogens with one attached hydrogen (secondary N) is 1. The van der Waals surface area contributed by atoms with E-state index in [9.17, 15) is 4.79 Å². The van der Waals surface area contributed by atoms with Crippen molar-refractivity contribution in [1.82, 2.24) is 0 Å². The summed E-state index contributed by atoms with van der Waals surface area (Å²) in [5.41, 5.74) is 3.05. The van der Waals surface area contributed by atoms with E-state index < -0.39 is 0 Å². The summed E-state index contributed by atoms with van der Waals surface area (Å²) in [6.07, 6.45) is 0.515. The van der Waals surface area contributed by atoms with Gasteiger partial charge in [0.2, 0.25) is 5.91 Å². The molecule has 0 saturated carbocycles. The minimum atomic E-state index is -0.00904. The quantitative estimate of drug-likeness (QED) is 0.593. The lowest BCUT2D eigenvalue weighted by Crippen LogP contribution is -2.16. The van der Waals surface area contributed by atoms with E-state index in [4.69, 9.17) is 4.74 Å². The SMILES string of the molecule is CC(C)Oc1ccc(NC(=O)CC(c2ccccc2)c2ccccc2)cc1. The van der Waals surface area contributed by atoms with Crippen LogP contribution in [-0.4, -0.2) is 12.0 Å². The van der Waals surface area contributed by atoms with E-state index in [2.05, 4.69) is 29.6 Å². The number of hydrogen-bond donors (Lipinski definition) is 1. The Morgan fingerprint density at radius 3 is 1.81 bits per heavy atom. The van der Waals surface area contributed by atoms with E-state index in [1.165, 1.54) is 0 Å². The summed E-state index contributed by atoms with van der Waals surface area (Å²) in [6, 6.07) is 27.8. The molecule has 3 heteroatoms. The van der Waals surface area contributed by atoms with Gasteiger partial charge in [-0.05, 0) is 49.2 Å². The Bertz CT molecular complexity index is 803. The van der Waals surface area contributed by atoms with Crippen LogP contribution in [0.2, 0.25) is 0 Å². The normalized spacial score (nSPS) is 10.8. The average Bonchev–Trinajstić information content (AvgIpc) is 2.69. The summed E-state index contributed by atoms with van der Waals surface area (Å²) in [5.74, 6) is 0.815. The molecule has 3 aromatic rings. The summed E-state index contributed by atoms with van der Waals surface area (Å²) in [6.45, 7) is 3.98. The molecule has 0 aromatic heterocycles. The first-order valence-electron chi connectivity index (χ1n) is 9.28. The zero-order chi connectivity index (χ0) is 19.1. The van der Waals surface area contributed by atoms with Gasteiger partial charge in [-0.3, -0.25) is 4.79 Å². The molecule has 1 amide bonds. The van der Waals surface area contributed by atoms with Crippen LogP contribution in [0.3, 0.4) is 0 Å². The fraction of sp³-hybridized carbons (Fsp3) is 0.208. The number of carbonyl (C=O) groups is 1. The minimum absolute atomic E-state index is 0.00904. The second-order valence-electron chi connectivity index (χ2n) is 6.82. The smallest absolute Gasteiger partial charge is 0.225 e. The highest BCUT2D eigenvalue weighted by molar-refractivity contribution is 5.91. The fourth-order valence-corrected chi connectivity index (χ4v) is 3.09. The Hall–Kier alpha value is -3.07. The number of ether oxygens (including phenoxy) is 1. The molecule has 3 rings (SSSR count). The maximum Gasteiger partial charge on any atom is 0.225 e. The standard InChI is InChI=1S/C24H25NO2/c1-18(2)27-22-15-13-21(14-16-22)25-24(26)17-23(19-9-5-3-6-10-19)20-11-7-4-8-12-20/h3-16,18,23H,17H2,1-2H3,(H,25,26). The van der Waals surface area contributed by atoms with Crippen molar-refractivity contribution in [2.45, 2.75) is 32.3 Å². The summed E-state index contributed by atoms with van der Waals surface area (Å²) < 4.78 is 5.64. The van der Waals surface area contributed by atoms with Crippen LogP contribution in [0.25, 0.3) is 0 Å². The molecule has 3 aromatic carbocycles. The van der Waals surface area contributed by atoms with Crippen LogP contribution in [0.4, 0.5) is 5.69 Å². The van der Waals surface area contributed by atoms with Crippen molar-refractivity contribution in [2.24, 2.45) is 0 Å². The molecule has 0 heterocycles. The molecule has 0 unspecified atom stereocenters. The van der Waals surface area contributed by atoms with E-state index in [-0.39, 0.29) is 17.9 Å². The summed E-state index contributed by atoms with van der Waals surface area (Å²) in [4.78, 5) is 12.7. The van der Waals surface area contributed by atoms with Gasteiger partial charge in [0.05, 0.1) is 6.10 Å². The number of benzene rings is 3. The average molecular weight is 359 g/mol. The maximum absolute atomic E-state index is 12.7. The Morgan fingerprint density at radius 2 is 1.33 bits per heavy atom. The monoisotopic (exact) mass is 359 g/mol. The fourth-order valence-electron chi connectivity index (χ4n) is 3.09.